The van der Waals surface area contributed by atoms with E-state index in [0.29, 0.717) is 12.1 Å². The molecule has 0 aliphatic carbocycles. The Morgan fingerprint density at radius 1 is 1.18 bits per heavy atom. The van der Waals surface area contributed by atoms with Crippen LogP contribution in [-0.2, 0) is 6.54 Å². The minimum Gasteiger partial charge on any atom is -0.352 e. The summed E-state index contributed by atoms with van der Waals surface area (Å²) in [6.45, 7) is 1.30. The summed E-state index contributed by atoms with van der Waals surface area (Å²) in [7, 11) is 0. The maximum absolute atomic E-state index is 13.1. The number of fused-ring (bicyclic) bond motifs is 1. The van der Waals surface area contributed by atoms with Crippen molar-refractivity contribution in [2.45, 2.75) is 13.0 Å². The normalized spacial score (nSPS) is 10.8. The molecule has 3 aromatic rings. The molecule has 0 aliphatic heterocycles. The molecule has 5 heteroatoms. The molecule has 4 nitrogen and oxygen atoms in total. The number of hydrogen-bond acceptors (Lipinski definition) is 2. The lowest BCUT2D eigenvalue weighted by Crippen LogP contribution is -2.25. The van der Waals surface area contributed by atoms with Crippen molar-refractivity contribution in [2.75, 3.05) is 6.54 Å². The first-order valence-corrected chi connectivity index (χ1v) is 7.18. The molecule has 1 aromatic heterocycles. The lowest BCUT2D eigenvalue weighted by molar-refractivity contribution is 0.0952. The summed E-state index contributed by atoms with van der Waals surface area (Å²) in [5.74, 6) is -0.660. The topological polar surface area (TPSA) is 46.9 Å². The molecule has 2 aromatic carbocycles. The fraction of sp³-hybridized carbons (Fsp3) is 0.176. The number of rotatable bonds is 5. The molecule has 3 rings (SSSR count). The second-order valence-electron chi connectivity index (χ2n) is 5.05. The van der Waals surface area contributed by atoms with E-state index >= 15 is 0 Å². The van der Waals surface area contributed by atoms with Crippen LogP contribution in [0.25, 0.3) is 11.0 Å². The summed E-state index contributed by atoms with van der Waals surface area (Å²) < 4.78 is 15.1. The lowest BCUT2D eigenvalue weighted by Gasteiger charge is -2.07. The van der Waals surface area contributed by atoms with Crippen LogP contribution in [0.4, 0.5) is 4.39 Å². The number of hydrogen-bond donors (Lipinski definition) is 1. The number of carbonyl (C=O) groups is 1. The van der Waals surface area contributed by atoms with E-state index < -0.39 is 5.82 Å². The Balaban J connectivity index is 1.52. The van der Waals surface area contributed by atoms with Gasteiger partial charge in [-0.1, -0.05) is 18.2 Å². The van der Waals surface area contributed by atoms with Gasteiger partial charge in [-0.2, -0.15) is 0 Å². The molecular weight excluding hydrogens is 281 g/mol. The van der Waals surface area contributed by atoms with Gasteiger partial charge in [-0.05, 0) is 36.8 Å². The summed E-state index contributed by atoms with van der Waals surface area (Å²) >= 11 is 0. The molecule has 1 N–H and O–H groups in total. The first-order valence-electron chi connectivity index (χ1n) is 7.18. The monoisotopic (exact) mass is 297 g/mol. The molecule has 0 fully saturated rings. The van der Waals surface area contributed by atoms with Crippen molar-refractivity contribution in [3.05, 3.63) is 66.2 Å². The highest BCUT2D eigenvalue weighted by Crippen LogP contribution is 2.11. The Morgan fingerprint density at radius 3 is 2.91 bits per heavy atom. The average Bonchev–Trinajstić information content (AvgIpc) is 2.95. The van der Waals surface area contributed by atoms with Crippen LogP contribution in [0.1, 0.15) is 16.8 Å². The lowest BCUT2D eigenvalue weighted by atomic mass is 10.2. The number of para-hydroxylation sites is 2. The molecule has 0 radical (unpaired) electrons. The zero-order valence-corrected chi connectivity index (χ0v) is 12.0. The maximum atomic E-state index is 13.1. The van der Waals surface area contributed by atoms with Crippen molar-refractivity contribution in [3.8, 4) is 0 Å². The SMILES string of the molecule is O=C(NCCCn1cnc2ccccc21)c1cccc(F)c1. The zero-order valence-electron chi connectivity index (χ0n) is 12.0. The van der Waals surface area contributed by atoms with Crippen LogP contribution in [0.3, 0.4) is 0 Å². The number of aromatic nitrogens is 2. The van der Waals surface area contributed by atoms with Crippen LogP contribution in [0.2, 0.25) is 0 Å². The number of carbonyl (C=O) groups excluding carboxylic acids is 1. The molecule has 0 aliphatic rings. The summed E-state index contributed by atoms with van der Waals surface area (Å²) in [6, 6.07) is 13.6. The van der Waals surface area contributed by atoms with Gasteiger partial charge in [0.1, 0.15) is 5.82 Å². The van der Waals surface area contributed by atoms with Crippen molar-refractivity contribution in [3.63, 3.8) is 0 Å². The molecule has 0 bridgehead atoms. The minimum absolute atomic E-state index is 0.255. The maximum Gasteiger partial charge on any atom is 0.251 e. The fourth-order valence-corrected chi connectivity index (χ4v) is 2.37. The highest BCUT2D eigenvalue weighted by atomic mass is 19.1. The van der Waals surface area contributed by atoms with Gasteiger partial charge in [0.05, 0.1) is 17.4 Å². The number of benzene rings is 2. The van der Waals surface area contributed by atoms with Gasteiger partial charge in [0.15, 0.2) is 0 Å². The van der Waals surface area contributed by atoms with Crippen molar-refractivity contribution < 1.29 is 9.18 Å². The Labute approximate surface area is 127 Å². The van der Waals surface area contributed by atoms with Crippen LogP contribution in [0.15, 0.2) is 54.9 Å². The minimum atomic E-state index is -0.405. The number of aryl methyl sites for hydroxylation is 1. The third-order valence-corrected chi connectivity index (χ3v) is 3.48. The van der Waals surface area contributed by atoms with E-state index in [2.05, 4.69) is 14.9 Å². The van der Waals surface area contributed by atoms with E-state index in [9.17, 15) is 9.18 Å². The third kappa shape index (κ3) is 3.14. The van der Waals surface area contributed by atoms with Crippen molar-refractivity contribution in [2.24, 2.45) is 0 Å². The van der Waals surface area contributed by atoms with E-state index in [0.717, 1.165) is 24.0 Å². The molecular formula is C17H16FN3O. The van der Waals surface area contributed by atoms with Crippen LogP contribution in [0.5, 0.6) is 0 Å². The molecule has 1 heterocycles. The Hall–Kier alpha value is -2.69. The number of nitrogens with one attached hydrogen (secondary N) is 1. The molecule has 0 atom stereocenters. The van der Waals surface area contributed by atoms with E-state index in [-0.39, 0.29) is 5.91 Å². The van der Waals surface area contributed by atoms with Gasteiger partial charge in [-0.15, -0.1) is 0 Å². The second-order valence-corrected chi connectivity index (χ2v) is 5.05. The summed E-state index contributed by atoms with van der Waals surface area (Å²) in [4.78, 5) is 16.2. The van der Waals surface area contributed by atoms with Gasteiger partial charge in [-0.25, -0.2) is 9.37 Å². The van der Waals surface area contributed by atoms with Crippen molar-refractivity contribution >= 4 is 16.9 Å². The van der Waals surface area contributed by atoms with Gasteiger partial charge in [0.25, 0.3) is 5.91 Å². The van der Waals surface area contributed by atoms with Crippen molar-refractivity contribution in [1.29, 1.82) is 0 Å². The van der Waals surface area contributed by atoms with Gasteiger partial charge in [0, 0.05) is 18.7 Å². The van der Waals surface area contributed by atoms with E-state index in [4.69, 9.17) is 0 Å². The van der Waals surface area contributed by atoms with E-state index in [1.54, 1.807) is 12.4 Å². The summed E-state index contributed by atoms with van der Waals surface area (Å²) in [6.07, 6.45) is 2.58. The second kappa shape index (κ2) is 6.39. The molecule has 112 valence electrons. The molecule has 22 heavy (non-hydrogen) atoms. The largest absolute Gasteiger partial charge is 0.352 e. The molecule has 0 saturated carbocycles. The fourth-order valence-electron chi connectivity index (χ4n) is 2.37. The predicted octanol–water partition coefficient (Wildman–Crippen LogP) is 3.00. The van der Waals surface area contributed by atoms with Crippen LogP contribution in [0, 0.1) is 5.82 Å². The predicted molar refractivity (Wildman–Crippen MR) is 83.1 cm³/mol. The quantitative estimate of drug-likeness (QED) is 0.736. The number of nitrogens with zero attached hydrogens (tertiary/aromatic N) is 2. The Kier molecular flexibility index (Phi) is 4.14. The van der Waals surface area contributed by atoms with Gasteiger partial charge in [-0.3, -0.25) is 4.79 Å². The van der Waals surface area contributed by atoms with Crippen LogP contribution < -0.4 is 5.32 Å². The third-order valence-electron chi connectivity index (χ3n) is 3.48. The number of imidazole rings is 1. The first-order chi connectivity index (χ1) is 10.7. The summed E-state index contributed by atoms with van der Waals surface area (Å²) in [5, 5.41) is 2.80. The van der Waals surface area contributed by atoms with Gasteiger partial charge in [0.2, 0.25) is 0 Å². The molecule has 0 saturated heterocycles. The van der Waals surface area contributed by atoms with Crippen molar-refractivity contribution in [1.82, 2.24) is 14.9 Å². The van der Waals surface area contributed by atoms with E-state index in [1.165, 1.54) is 18.2 Å². The number of halogens is 1. The molecule has 0 unspecified atom stereocenters. The smallest absolute Gasteiger partial charge is 0.251 e. The van der Waals surface area contributed by atoms with E-state index in [1.807, 2.05) is 24.3 Å². The van der Waals surface area contributed by atoms with Gasteiger partial charge < -0.3 is 9.88 Å². The standard InChI is InChI=1S/C17H16FN3O/c18-14-6-3-5-13(11-14)17(22)19-9-4-10-21-12-20-15-7-1-2-8-16(15)21/h1-3,5-8,11-12H,4,9-10H2,(H,19,22). The Bertz CT molecular complexity index is 797. The van der Waals surface area contributed by atoms with Crippen LogP contribution in [-0.4, -0.2) is 22.0 Å². The molecule has 1 amide bonds. The number of amides is 1. The highest BCUT2D eigenvalue weighted by Gasteiger charge is 2.06. The molecule has 0 spiro atoms. The van der Waals surface area contributed by atoms with Crippen LogP contribution >= 0.6 is 0 Å². The van der Waals surface area contributed by atoms with Gasteiger partial charge >= 0.3 is 0 Å². The highest BCUT2D eigenvalue weighted by molar-refractivity contribution is 5.94. The first kappa shape index (κ1) is 14.3. The Morgan fingerprint density at radius 2 is 2.05 bits per heavy atom. The average molecular weight is 297 g/mol. The summed E-state index contributed by atoms with van der Waals surface area (Å²) in [5.41, 5.74) is 2.39. The zero-order chi connectivity index (χ0) is 15.4.